The van der Waals surface area contributed by atoms with E-state index >= 15 is 0 Å². The van der Waals surface area contributed by atoms with Crippen LogP contribution in [0.4, 0.5) is 0 Å². The predicted molar refractivity (Wildman–Crippen MR) is 49.0 cm³/mol. The molecule has 0 bridgehead atoms. The molecule has 0 saturated heterocycles. The second-order valence-electron chi connectivity index (χ2n) is 3.07. The Bertz CT molecular complexity index is 296. The largest absolute Gasteiger partial charge is 0.464 e. The summed E-state index contributed by atoms with van der Waals surface area (Å²) in [5, 5.41) is 7.91. The molecule has 0 amide bonds. The standard InChI is InChI=1S/C8H12ClN3O/c1-2-13-8-11-10-7(5-9)12(8)6-3-4-6/h6H,2-5H2,1H3. The van der Waals surface area contributed by atoms with Crippen LogP contribution in [0, 0.1) is 0 Å². The van der Waals surface area contributed by atoms with Crippen molar-refractivity contribution < 1.29 is 4.74 Å². The summed E-state index contributed by atoms with van der Waals surface area (Å²) in [5.41, 5.74) is 0. The maximum absolute atomic E-state index is 5.74. The molecule has 72 valence electrons. The molecule has 1 aromatic heterocycles. The zero-order valence-corrected chi connectivity index (χ0v) is 8.29. The summed E-state index contributed by atoms with van der Waals surface area (Å²) >= 11 is 5.74. The molecule has 0 aromatic carbocycles. The van der Waals surface area contributed by atoms with Crippen LogP contribution in [0.1, 0.15) is 31.6 Å². The highest BCUT2D eigenvalue weighted by molar-refractivity contribution is 6.16. The molecule has 4 nitrogen and oxygen atoms in total. The molecule has 0 spiro atoms. The van der Waals surface area contributed by atoms with Gasteiger partial charge in [0.25, 0.3) is 0 Å². The molecule has 13 heavy (non-hydrogen) atoms. The van der Waals surface area contributed by atoms with E-state index in [9.17, 15) is 0 Å². The van der Waals surface area contributed by atoms with E-state index in [1.165, 1.54) is 12.8 Å². The number of alkyl halides is 1. The van der Waals surface area contributed by atoms with Gasteiger partial charge in [-0.2, -0.15) is 0 Å². The van der Waals surface area contributed by atoms with Gasteiger partial charge in [0.2, 0.25) is 0 Å². The Hall–Kier alpha value is -0.770. The molecule has 0 atom stereocenters. The number of ether oxygens (including phenoxy) is 1. The number of halogens is 1. The Morgan fingerprint density at radius 2 is 2.31 bits per heavy atom. The first kappa shape index (κ1) is 8.81. The highest BCUT2D eigenvalue weighted by Gasteiger charge is 2.29. The van der Waals surface area contributed by atoms with E-state index in [0.29, 0.717) is 24.5 Å². The van der Waals surface area contributed by atoms with Crippen LogP contribution in [0.2, 0.25) is 0 Å². The first-order valence-electron chi connectivity index (χ1n) is 4.49. The van der Waals surface area contributed by atoms with Crippen molar-refractivity contribution in [2.24, 2.45) is 0 Å². The van der Waals surface area contributed by atoms with Crippen molar-refractivity contribution in [2.45, 2.75) is 31.7 Å². The maximum Gasteiger partial charge on any atom is 0.317 e. The van der Waals surface area contributed by atoms with Gasteiger partial charge in [0, 0.05) is 6.04 Å². The fourth-order valence-electron chi connectivity index (χ4n) is 1.33. The minimum Gasteiger partial charge on any atom is -0.464 e. The van der Waals surface area contributed by atoms with Crippen LogP contribution < -0.4 is 4.74 Å². The number of aromatic nitrogens is 3. The summed E-state index contributed by atoms with van der Waals surface area (Å²) in [7, 11) is 0. The van der Waals surface area contributed by atoms with Crippen LogP contribution in [0.15, 0.2) is 0 Å². The van der Waals surface area contributed by atoms with Crippen LogP contribution in [0.5, 0.6) is 6.01 Å². The highest BCUT2D eigenvalue weighted by Crippen LogP contribution is 2.38. The molecule has 1 aliphatic rings. The minimum absolute atomic E-state index is 0.399. The van der Waals surface area contributed by atoms with Crippen molar-refractivity contribution >= 4 is 11.6 Å². The molecule has 0 N–H and O–H groups in total. The Kier molecular flexibility index (Phi) is 2.40. The van der Waals surface area contributed by atoms with Crippen molar-refractivity contribution in [1.29, 1.82) is 0 Å². The van der Waals surface area contributed by atoms with Crippen LogP contribution in [-0.2, 0) is 5.88 Å². The van der Waals surface area contributed by atoms with E-state index in [4.69, 9.17) is 16.3 Å². The average molecular weight is 202 g/mol. The summed E-state index contributed by atoms with van der Waals surface area (Å²) in [4.78, 5) is 0. The quantitative estimate of drug-likeness (QED) is 0.697. The number of nitrogens with zero attached hydrogens (tertiary/aromatic N) is 3. The molecule has 1 saturated carbocycles. The van der Waals surface area contributed by atoms with Crippen molar-refractivity contribution in [1.82, 2.24) is 14.8 Å². The number of hydrogen-bond acceptors (Lipinski definition) is 3. The predicted octanol–water partition coefficient (Wildman–Crippen LogP) is 1.75. The smallest absolute Gasteiger partial charge is 0.317 e. The van der Waals surface area contributed by atoms with Crippen molar-refractivity contribution in [3.8, 4) is 6.01 Å². The van der Waals surface area contributed by atoms with Crippen LogP contribution in [0.25, 0.3) is 0 Å². The lowest BCUT2D eigenvalue weighted by molar-refractivity contribution is 0.294. The van der Waals surface area contributed by atoms with Crippen LogP contribution in [0.3, 0.4) is 0 Å². The van der Waals surface area contributed by atoms with Gasteiger partial charge >= 0.3 is 6.01 Å². The van der Waals surface area contributed by atoms with E-state index < -0.39 is 0 Å². The van der Waals surface area contributed by atoms with Gasteiger partial charge in [0.15, 0.2) is 5.82 Å². The molecular formula is C8H12ClN3O. The molecule has 5 heteroatoms. The third-order valence-electron chi connectivity index (χ3n) is 2.04. The van der Waals surface area contributed by atoms with E-state index in [2.05, 4.69) is 10.2 Å². The second-order valence-corrected chi connectivity index (χ2v) is 3.33. The Labute approximate surface area is 81.9 Å². The molecule has 1 aromatic rings. The van der Waals surface area contributed by atoms with Crippen molar-refractivity contribution in [2.75, 3.05) is 6.61 Å². The molecule has 1 aliphatic carbocycles. The average Bonchev–Trinajstić information content (AvgIpc) is 2.89. The van der Waals surface area contributed by atoms with E-state index in [1.807, 2.05) is 11.5 Å². The lowest BCUT2D eigenvalue weighted by Crippen LogP contribution is -2.04. The van der Waals surface area contributed by atoms with Gasteiger partial charge in [-0.3, -0.25) is 4.57 Å². The highest BCUT2D eigenvalue weighted by atomic mass is 35.5. The molecular weight excluding hydrogens is 190 g/mol. The Morgan fingerprint density at radius 1 is 1.54 bits per heavy atom. The Balaban J connectivity index is 2.27. The van der Waals surface area contributed by atoms with Gasteiger partial charge in [-0.15, -0.1) is 16.7 Å². The monoisotopic (exact) mass is 201 g/mol. The first-order chi connectivity index (χ1) is 6.36. The molecule has 2 rings (SSSR count). The summed E-state index contributed by atoms with van der Waals surface area (Å²) < 4.78 is 7.36. The second kappa shape index (κ2) is 3.54. The van der Waals surface area contributed by atoms with Crippen molar-refractivity contribution in [3.05, 3.63) is 5.82 Å². The molecule has 0 aliphatic heterocycles. The molecule has 1 fully saturated rings. The van der Waals surface area contributed by atoms with E-state index in [0.717, 1.165) is 5.82 Å². The van der Waals surface area contributed by atoms with Gasteiger partial charge in [-0.1, -0.05) is 5.10 Å². The van der Waals surface area contributed by atoms with Gasteiger partial charge in [-0.25, -0.2) is 0 Å². The van der Waals surface area contributed by atoms with Gasteiger partial charge < -0.3 is 4.74 Å². The topological polar surface area (TPSA) is 39.9 Å². The summed E-state index contributed by atoms with van der Waals surface area (Å²) in [5.74, 6) is 1.21. The van der Waals surface area contributed by atoms with Gasteiger partial charge in [0.1, 0.15) is 0 Å². The minimum atomic E-state index is 0.399. The van der Waals surface area contributed by atoms with Crippen molar-refractivity contribution in [3.63, 3.8) is 0 Å². The molecule has 0 unspecified atom stereocenters. The normalized spacial score (nSPS) is 16.2. The zero-order valence-electron chi connectivity index (χ0n) is 7.53. The lowest BCUT2D eigenvalue weighted by atomic mass is 10.6. The molecule has 0 radical (unpaired) electrons. The van der Waals surface area contributed by atoms with E-state index in [-0.39, 0.29) is 0 Å². The first-order valence-corrected chi connectivity index (χ1v) is 5.02. The number of hydrogen-bond donors (Lipinski definition) is 0. The number of rotatable bonds is 4. The van der Waals surface area contributed by atoms with Crippen LogP contribution >= 0.6 is 11.6 Å². The van der Waals surface area contributed by atoms with Gasteiger partial charge in [-0.05, 0) is 19.8 Å². The third kappa shape index (κ3) is 1.63. The molecule has 1 heterocycles. The van der Waals surface area contributed by atoms with E-state index in [1.54, 1.807) is 0 Å². The zero-order chi connectivity index (χ0) is 9.26. The lowest BCUT2D eigenvalue weighted by Gasteiger charge is -2.06. The van der Waals surface area contributed by atoms with Gasteiger partial charge in [0.05, 0.1) is 12.5 Å². The Morgan fingerprint density at radius 3 is 2.85 bits per heavy atom. The third-order valence-corrected chi connectivity index (χ3v) is 2.28. The summed E-state index contributed by atoms with van der Waals surface area (Å²) in [6.45, 7) is 2.55. The summed E-state index contributed by atoms with van der Waals surface area (Å²) in [6.07, 6.45) is 2.37. The fraction of sp³-hybridized carbons (Fsp3) is 0.750. The summed E-state index contributed by atoms with van der Waals surface area (Å²) in [6, 6.07) is 1.13. The maximum atomic E-state index is 5.74. The SMILES string of the molecule is CCOc1nnc(CCl)n1C1CC1. The fourth-order valence-corrected chi connectivity index (χ4v) is 1.51. The van der Waals surface area contributed by atoms with Crippen LogP contribution in [-0.4, -0.2) is 21.4 Å².